The number of alkyl halides is 1. The molecule has 2 nitrogen and oxygen atoms in total. The Kier molecular flexibility index (Phi) is 3.79. The quantitative estimate of drug-likeness (QED) is 0.837. The van der Waals surface area contributed by atoms with E-state index in [1.165, 1.54) is 16.9 Å². The molecule has 1 aromatic rings. The molecule has 2 rings (SSSR count). The summed E-state index contributed by atoms with van der Waals surface area (Å²) >= 11 is 7.48. The molecular formula is C13H18ClNOS. The van der Waals surface area contributed by atoms with Crippen molar-refractivity contribution in [3.63, 3.8) is 0 Å². The second-order valence-electron chi connectivity index (χ2n) is 5.39. The predicted octanol–water partition coefficient (Wildman–Crippen LogP) is 3.23. The van der Waals surface area contributed by atoms with E-state index in [9.17, 15) is 4.79 Å². The van der Waals surface area contributed by atoms with Gasteiger partial charge in [0.25, 0.3) is 5.91 Å². The van der Waals surface area contributed by atoms with E-state index in [1.54, 1.807) is 11.3 Å². The average molecular weight is 272 g/mol. The zero-order valence-electron chi connectivity index (χ0n) is 10.3. The number of fused-ring (bicyclic) bond motifs is 1. The molecule has 0 atom stereocenters. The first-order valence-corrected chi connectivity index (χ1v) is 7.33. The predicted molar refractivity (Wildman–Crippen MR) is 73.2 cm³/mol. The van der Waals surface area contributed by atoms with Crippen LogP contribution < -0.4 is 5.32 Å². The topological polar surface area (TPSA) is 29.1 Å². The SMILES string of the molecule is CC(C)(CCl)CNC(=O)c1cc2c(s1)CCC2. The van der Waals surface area contributed by atoms with Gasteiger partial charge >= 0.3 is 0 Å². The molecule has 0 saturated heterocycles. The van der Waals surface area contributed by atoms with Crippen LogP contribution in [0.15, 0.2) is 6.07 Å². The minimum Gasteiger partial charge on any atom is -0.351 e. The van der Waals surface area contributed by atoms with Gasteiger partial charge < -0.3 is 5.32 Å². The number of rotatable bonds is 4. The fraction of sp³-hybridized carbons (Fsp3) is 0.615. The molecule has 0 unspecified atom stereocenters. The van der Waals surface area contributed by atoms with Crippen LogP contribution in [-0.4, -0.2) is 18.3 Å². The van der Waals surface area contributed by atoms with Crippen LogP contribution in [0.5, 0.6) is 0 Å². The Morgan fingerprint density at radius 3 is 2.94 bits per heavy atom. The summed E-state index contributed by atoms with van der Waals surface area (Å²) in [5.74, 6) is 0.594. The van der Waals surface area contributed by atoms with Gasteiger partial charge in [0.2, 0.25) is 0 Å². The van der Waals surface area contributed by atoms with Crippen molar-refractivity contribution >= 4 is 28.8 Å². The van der Waals surface area contributed by atoms with E-state index >= 15 is 0 Å². The maximum atomic E-state index is 12.0. The van der Waals surface area contributed by atoms with Gasteiger partial charge in [-0.2, -0.15) is 0 Å². The van der Waals surface area contributed by atoms with E-state index in [4.69, 9.17) is 11.6 Å². The molecular weight excluding hydrogens is 254 g/mol. The van der Waals surface area contributed by atoms with Gasteiger partial charge in [0.05, 0.1) is 4.88 Å². The highest BCUT2D eigenvalue weighted by molar-refractivity contribution is 7.14. The molecule has 1 aliphatic carbocycles. The van der Waals surface area contributed by atoms with Gasteiger partial charge in [-0.05, 0) is 36.3 Å². The highest BCUT2D eigenvalue weighted by atomic mass is 35.5. The molecule has 1 heterocycles. The molecule has 1 N–H and O–H groups in total. The maximum Gasteiger partial charge on any atom is 0.261 e. The van der Waals surface area contributed by atoms with E-state index in [0.29, 0.717) is 12.4 Å². The Morgan fingerprint density at radius 1 is 1.53 bits per heavy atom. The molecule has 17 heavy (non-hydrogen) atoms. The van der Waals surface area contributed by atoms with Crippen LogP contribution in [0.1, 0.15) is 40.4 Å². The van der Waals surface area contributed by atoms with Crippen molar-refractivity contribution in [2.75, 3.05) is 12.4 Å². The van der Waals surface area contributed by atoms with Crippen LogP contribution in [0, 0.1) is 5.41 Å². The minimum absolute atomic E-state index is 0.0441. The Hall–Kier alpha value is -0.540. The van der Waals surface area contributed by atoms with Gasteiger partial charge in [0.1, 0.15) is 0 Å². The third-order valence-electron chi connectivity index (χ3n) is 3.06. The van der Waals surface area contributed by atoms with Crippen LogP contribution in [0.3, 0.4) is 0 Å². The van der Waals surface area contributed by atoms with Gasteiger partial charge in [-0.1, -0.05) is 13.8 Å². The number of nitrogens with one attached hydrogen (secondary N) is 1. The lowest BCUT2D eigenvalue weighted by Crippen LogP contribution is -2.34. The summed E-state index contributed by atoms with van der Waals surface area (Å²) in [7, 11) is 0. The standard InChI is InChI=1S/C13H18ClNOS/c1-13(2,7-14)8-15-12(16)11-6-9-4-3-5-10(9)17-11/h6H,3-5,7-8H2,1-2H3,(H,15,16). The molecule has 0 spiro atoms. The first kappa shape index (κ1) is 12.9. The summed E-state index contributed by atoms with van der Waals surface area (Å²) in [4.78, 5) is 14.2. The Balaban J connectivity index is 1.96. The van der Waals surface area contributed by atoms with Gasteiger partial charge in [-0.3, -0.25) is 4.79 Å². The van der Waals surface area contributed by atoms with Gasteiger partial charge in [0.15, 0.2) is 0 Å². The number of aryl methyl sites for hydroxylation is 2. The summed E-state index contributed by atoms with van der Waals surface area (Å²) in [5.41, 5.74) is 1.33. The van der Waals surface area contributed by atoms with Crippen LogP contribution in [0.25, 0.3) is 0 Å². The summed E-state index contributed by atoms with van der Waals surface area (Å²) < 4.78 is 0. The number of thiophene rings is 1. The maximum absolute atomic E-state index is 12.0. The molecule has 0 saturated carbocycles. The summed E-state index contributed by atoms with van der Waals surface area (Å²) in [6, 6.07) is 2.05. The number of amides is 1. The molecule has 0 radical (unpaired) electrons. The fourth-order valence-electron chi connectivity index (χ4n) is 1.89. The number of carbonyl (C=O) groups is 1. The Morgan fingerprint density at radius 2 is 2.29 bits per heavy atom. The lowest BCUT2D eigenvalue weighted by Gasteiger charge is -2.21. The zero-order chi connectivity index (χ0) is 12.5. The second kappa shape index (κ2) is 4.99. The monoisotopic (exact) mass is 271 g/mol. The third kappa shape index (κ3) is 3.02. The van der Waals surface area contributed by atoms with Crippen molar-refractivity contribution in [1.29, 1.82) is 0 Å². The number of hydrogen-bond donors (Lipinski definition) is 1. The highest BCUT2D eigenvalue weighted by Crippen LogP contribution is 2.30. The minimum atomic E-state index is -0.0444. The molecule has 0 bridgehead atoms. The highest BCUT2D eigenvalue weighted by Gasteiger charge is 2.21. The average Bonchev–Trinajstić information content (AvgIpc) is 2.86. The van der Waals surface area contributed by atoms with Crippen molar-refractivity contribution in [2.24, 2.45) is 5.41 Å². The summed E-state index contributed by atoms with van der Waals surface area (Å²) in [6.45, 7) is 4.72. The van der Waals surface area contributed by atoms with Crippen molar-refractivity contribution in [3.05, 3.63) is 21.4 Å². The number of halogens is 1. The van der Waals surface area contributed by atoms with Crippen LogP contribution in [0.4, 0.5) is 0 Å². The van der Waals surface area contributed by atoms with Gasteiger partial charge in [-0.25, -0.2) is 0 Å². The van der Waals surface area contributed by atoms with E-state index in [0.717, 1.165) is 17.7 Å². The molecule has 1 aromatic heterocycles. The van der Waals surface area contributed by atoms with Crippen molar-refractivity contribution in [2.45, 2.75) is 33.1 Å². The molecule has 1 aliphatic rings. The summed E-state index contributed by atoms with van der Waals surface area (Å²) in [6.07, 6.45) is 3.51. The molecule has 94 valence electrons. The van der Waals surface area contributed by atoms with Gasteiger partial charge in [0, 0.05) is 17.3 Å². The first-order chi connectivity index (χ1) is 8.02. The largest absolute Gasteiger partial charge is 0.351 e. The molecule has 0 aliphatic heterocycles. The third-order valence-corrected chi connectivity index (χ3v) is 5.02. The lowest BCUT2D eigenvalue weighted by molar-refractivity contribution is 0.0944. The number of carbonyl (C=O) groups excluding carboxylic acids is 1. The van der Waals surface area contributed by atoms with Crippen molar-refractivity contribution < 1.29 is 4.79 Å². The molecule has 1 amide bonds. The zero-order valence-corrected chi connectivity index (χ0v) is 11.9. The Labute approximate surface area is 111 Å². The van der Waals surface area contributed by atoms with E-state index in [-0.39, 0.29) is 11.3 Å². The van der Waals surface area contributed by atoms with Crippen LogP contribution in [0.2, 0.25) is 0 Å². The smallest absolute Gasteiger partial charge is 0.261 e. The van der Waals surface area contributed by atoms with E-state index < -0.39 is 0 Å². The van der Waals surface area contributed by atoms with E-state index in [2.05, 4.69) is 25.2 Å². The first-order valence-electron chi connectivity index (χ1n) is 5.97. The van der Waals surface area contributed by atoms with Crippen molar-refractivity contribution in [3.8, 4) is 0 Å². The lowest BCUT2D eigenvalue weighted by atomic mass is 9.96. The van der Waals surface area contributed by atoms with Crippen LogP contribution in [-0.2, 0) is 12.8 Å². The fourth-order valence-corrected chi connectivity index (χ4v) is 3.16. The summed E-state index contributed by atoms with van der Waals surface area (Å²) in [5, 5.41) is 2.97. The normalized spacial score (nSPS) is 14.8. The molecule has 0 fully saturated rings. The van der Waals surface area contributed by atoms with Gasteiger partial charge in [-0.15, -0.1) is 22.9 Å². The van der Waals surface area contributed by atoms with Crippen molar-refractivity contribution in [1.82, 2.24) is 5.32 Å². The van der Waals surface area contributed by atoms with Crippen LogP contribution >= 0.6 is 22.9 Å². The molecule has 0 aromatic carbocycles. The number of hydrogen-bond acceptors (Lipinski definition) is 2. The molecule has 4 heteroatoms. The second-order valence-corrected chi connectivity index (χ2v) is 6.80. The van der Waals surface area contributed by atoms with E-state index in [1.807, 2.05) is 0 Å². The Bertz CT molecular complexity index is 404.